The highest BCUT2D eigenvalue weighted by Crippen LogP contribution is 2.46. The van der Waals surface area contributed by atoms with Crippen LogP contribution in [0, 0.1) is 11.8 Å². The van der Waals surface area contributed by atoms with Gasteiger partial charge in [0.15, 0.2) is 0 Å². The van der Waals surface area contributed by atoms with Crippen molar-refractivity contribution < 1.29 is 4.74 Å². The average molecular weight is 260 g/mol. The van der Waals surface area contributed by atoms with Crippen molar-refractivity contribution in [2.75, 3.05) is 13.7 Å². The maximum Gasteiger partial charge on any atom is 0.118 e. The Morgan fingerprint density at radius 2 is 1.95 bits per heavy atom. The summed E-state index contributed by atoms with van der Waals surface area (Å²) in [6.07, 6.45) is 2.74. The van der Waals surface area contributed by atoms with E-state index in [1.165, 1.54) is 18.4 Å². The molecular formula is C16H24N2O. The van der Waals surface area contributed by atoms with Crippen LogP contribution in [0.3, 0.4) is 0 Å². The molecule has 0 aromatic heterocycles. The minimum absolute atomic E-state index is 0.555. The van der Waals surface area contributed by atoms with E-state index in [9.17, 15) is 0 Å². The third-order valence-corrected chi connectivity index (χ3v) is 5.16. The van der Waals surface area contributed by atoms with Crippen LogP contribution >= 0.6 is 0 Å². The van der Waals surface area contributed by atoms with Gasteiger partial charge < -0.3 is 10.5 Å². The van der Waals surface area contributed by atoms with E-state index in [2.05, 4.69) is 24.0 Å². The van der Waals surface area contributed by atoms with Crippen molar-refractivity contribution in [2.24, 2.45) is 17.6 Å². The Morgan fingerprint density at radius 3 is 2.53 bits per heavy atom. The first kappa shape index (κ1) is 12.9. The molecule has 0 radical (unpaired) electrons. The molecule has 0 amide bonds. The van der Waals surface area contributed by atoms with Crippen LogP contribution in [0.4, 0.5) is 0 Å². The molecule has 2 atom stereocenters. The van der Waals surface area contributed by atoms with E-state index in [0.717, 1.165) is 36.7 Å². The Balaban J connectivity index is 1.73. The SMILES string of the molecule is COc1ccc(CN2C3CC(C3)[C@H](C)[C@H]2CN)cc1. The summed E-state index contributed by atoms with van der Waals surface area (Å²) in [4.78, 5) is 2.63. The molecule has 1 aliphatic carbocycles. The molecule has 2 heterocycles. The topological polar surface area (TPSA) is 38.5 Å². The van der Waals surface area contributed by atoms with Gasteiger partial charge in [0, 0.05) is 25.2 Å². The molecule has 3 aliphatic rings. The second-order valence-corrected chi connectivity index (χ2v) is 6.07. The van der Waals surface area contributed by atoms with Crippen molar-refractivity contribution in [1.82, 2.24) is 4.90 Å². The van der Waals surface area contributed by atoms with Crippen LogP contribution in [0.5, 0.6) is 5.75 Å². The Kier molecular flexibility index (Phi) is 3.50. The summed E-state index contributed by atoms with van der Waals surface area (Å²) < 4.78 is 5.21. The summed E-state index contributed by atoms with van der Waals surface area (Å²) in [5, 5.41) is 0. The van der Waals surface area contributed by atoms with E-state index in [1.807, 2.05) is 12.1 Å². The first-order chi connectivity index (χ1) is 9.22. The highest BCUT2D eigenvalue weighted by atomic mass is 16.5. The average Bonchev–Trinajstić information content (AvgIpc) is 2.38. The lowest BCUT2D eigenvalue weighted by Crippen LogP contribution is -2.62. The second kappa shape index (κ2) is 5.14. The number of piperidine rings is 2. The fraction of sp³-hybridized carbons (Fsp3) is 0.625. The third kappa shape index (κ3) is 2.26. The van der Waals surface area contributed by atoms with Crippen LogP contribution in [-0.4, -0.2) is 30.6 Å². The molecule has 3 fully saturated rings. The predicted octanol–water partition coefficient (Wildman–Crippen LogP) is 2.25. The largest absolute Gasteiger partial charge is 0.497 e. The van der Waals surface area contributed by atoms with Crippen LogP contribution in [0.15, 0.2) is 24.3 Å². The van der Waals surface area contributed by atoms with Gasteiger partial charge >= 0.3 is 0 Å². The lowest BCUT2D eigenvalue weighted by Gasteiger charge is -2.57. The maximum atomic E-state index is 6.00. The summed E-state index contributed by atoms with van der Waals surface area (Å²) >= 11 is 0. The quantitative estimate of drug-likeness (QED) is 0.902. The number of rotatable bonds is 4. The lowest BCUT2D eigenvalue weighted by molar-refractivity contribution is -0.0760. The molecule has 0 unspecified atom stereocenters. The number of hydrogen-bond donors (Lipinski definition) is 1. The number of ether oxygens (including phenoxy) is 1. The zero-order valence-corrected chi connectivity index (χ0v) is 11.9. The van der Waals surface area contributed by atoms with E-state index < -0.39 is 0 Å². The minimum Gasteiger partial charge on any atom is -0.497 e. The van der Waals surface area contributed by atoms with E-state index in [1.54, 1.807) is 7.11 Å². The summed E-state index contributed by atoms with van der Waals surface area (Å²) in [5.74, 6) is 2.59. The summed E-state index contributed by atoms with van der Waals surface area (Å²) in [5.41, 5.74) is 7.36. The van der Waals surface area contributed by atoms with Crippen molar-refractivity contribution in [2.45, 2.75) is 38.4 Å². The Morgan fingerprint density at radius 1 is 1.26 bits per heavy atom. The molecule has 3 nitrogen and oxygen atoms in total. The number of nitrogens with zero attached hydrogens (tertiary/aromatic N) is 1. The molecular weight excluding hydrogens is 236 g/mol. The minimum atomic E-state index is 0.555. The van der Waals surface area contributed by atoms with Gasteiger partial charge in [-0.3, -0.25) is 4.90 Å². The molecule has 2 N–H and O–H groups in total. The molecule has 3 heteroatoms. The lowest BCUT2D eigenvalue weighted by atomic mass is 9.64. The predicted molar refractivity (Wildman–Crippen MR) is 77.1 cm³/mol. The monoisotopic (exact) mass is 260 g/mol. The molecule has 104 valence electrons. The summed E-state index contributed by atoms with van der Waals surface area (Å²) in [6.45, 7) is 4.18. The van der Waals surface area contributed by atoms with Crippen molar-refractivity contribution >= 4 is 0 Å². The van der Waals surface area contributed by atoms with E-state index in [-0.39, 0.29) is 0 Å². The molecule has 1 aromatic carbocycles. The van der Waals surface area contributed by atoms with Crippen LogP contribution in [-0.2, 0) is 6.54 Å². The van der Waals surface area contributed by atoms with Gasteiger partial charge in [0.2, 0.25) is 0 Å². The second-order valence-electron chi connectivity index (χ2n) is 6.07. The Labute approximate surface area is 115 Å². The van der Waals surface area contributed by atoms with E-state index in [0.29, 0.717) is 6.04 Å². The van der Waals surface area contributed by atoms with Crippen molar-refractivity contribution in [3.05, 3.63) is 29.8 Å². The zero-order valence-electron chi connectivity index (χ0n) is 11.9. The molecule has 19 heavy (non-hydrogen) atoms. The normalized spacial score (nSPS) is 33.8. The Bertz CT molecular complexity index is 425. The van der Waals surface area contributed by atoms with E-state index >= 15 is 0 Å². The van der Waals surface area contributed by atoms with E-state index in [4.69, 9.17) is 10.5 Å². The first-order valence-corrected chi connectivity index (χ1v) is 7.31. The molecule has 1 saturated carbocycles. The third-order valence-electron chi connectivity index (χ3n) is 5.16. The van der Waals surface area contributed by atoms with Gasteiger partial charge in [0.1, 0.15) is 5.75 Å². The highest BCUT2D eigenvalue weighted by Gasteiger charge is 2.47. The van der Waals surface area contributed by atoms with Crippen molar-refractivity contribution in [1.29, 1.82) is 0 Å². The van der Waals surface area contributed by atoms with Gasteiger partial charge in [-0.15, -0.1) is 0 Å². The number of nitrogens with two attached hydrogens (primary N) is 1. The van der Waals surface area contributed by atoms with Crippen LogP contribution in [0.2, 0.25) is 0 Å². The van der Waals surface area contributed by atoms with Gasteiger partial charge in [-0.05, 0) is 42.4 Å². The number of fused-ring (bicyclic) bond motifs is 2. The smallest absolute Gasteiger partial charge is 0.118 e. The fourth-order valence-corrected chi connectivity index (χ4v) is 3.76. The molecule has 2 bridgehead atoms. The van der Waals surface area contributed by atoms with Gasteiger partial charge in [0.25, 0.3) is 0 Å². The zero-order chi connectivity index (χ0) is 13.4. The standard InChI is InChI=1S/C16H24N2O/c1-11-13-7-14(8-13)18(16(11)9-17)10-12-3-5-15(19-2)6-4-12/h3-6,11,13-14,16H,7-10,17H2,1-2H3/t11-,13?,14?,16+/m0/s1. The number of hydrogen-bond acceptors (Lipinski definition) is 3. The van der Waals surface area contributed by atoms with Crippen LogP contribution in [0.25, 0.3) is 0 Å². The summed E-state index contributed by atoms with van der Waals surface area (Å²) in [6, 6.07) is 9.74. The summed E-state index contributed by atoms with van der Waals surface area (Å²) in [7, 11) is 1.71. The van der Waals surface area contributed by atoms with Gasteiger partial charge in [-0.25, -0.2) is 0 Å². The van der Waals surface area contributed by atoms with Crippen LogP contribution < -0.4 is 10.5 Å². The number of benzene rings is 1. The van der Waals surface area contributed by atoms with Crippen molar-refractivity contribution in [3.8, 4) is 5.75 Å². The molecule has 0 spiro atoms. The van der Waals surface area contributed by atoms with Crippen LogP contribution in [0.1, 0.15) is 25.3 Å². The Hall–Kier alpha value is -1.06. The van der Waals surface area contributed by atoms with Gasteiger partial charge in [-0.1, -0.05) is 19.1 Å². The fourth-order valence-electron chi connectivity index (χ4n) is 3.76. The van der Waals surface area contributed by atoms with Crippen molar-refractivity contribution in [3.63, 3.8) is 0 Å². The number of methoxy groups -OCH3 is 1. The van der Waals surface area contributed by atoms with Gasteiger partial charge in [0.05, 0.1) is 7.11 Å². The molecule has 1 aromatic rings. The highest BCUT2D eigenvalue weighted by molar-refractivity contribution is 5.27. The molecule has 4 rings (SSSR count). The molecule has 2 aliphatic heterocycles. The van der Waals surface area contributed by atoms with Gasteiger partial charge in [-0.2, -0.15) is 0 Å². The maximum absolute atomic E-state index is 6.00. The first-order valence-electron chi connectivity index (χ1n) is 7.31. The molecule has 2 saturated heterocycles.